The SMILES string of the molecule is CC(C)c1nc(CN(C)C(=O)N[C@H](C(=O)O)[C@@H](N[C@@H](c2ccccc2)[C@H](NC(=O)OCc2cncs2)[C@@H](O)CCCc2ccccc2)[C@H](c2ccccc2)[C@H](NC(=O)OCc2cncs2)[C@@H](O)CCCc2ccccc2)cs1. The molecule has 78 heavy (non-hydrogen) atoms. The number of rotatable bonds is 29. The molecular formula is C58H68N8O9S3. The summed E-state index contributed by atoms with van der Waals surface area (Å²) >= 11 is 4.07. The summed E-state index contributed by atoms with van der Waals surface area (Å²) in [5, 5.41) is 51.9. The molecule has 0 spiro atoms. The molecule has 0 fully saturated rings. The molecule has 7 rings (SSSR count). The van der Waals surface area contributed by atoms with Crippen LogP contribution in [0.3, 0.4) is 0 Å². The van der Waals surface area contributed by atoms with Crippen molar-refractivity contribution < 1.29 is 44.0 Å². The van der Waals surface area contributed by atoms with Gasteiger partial charge in [0.25, 0.3) is 0 Å². The Morgan fingerprint density at radius 1 is 0.628 bits per heavy atom. The molecule has 0 aliphatic carbocycles. The van der Waals surface area contributed by atoms with E-state index in [1.165, 1.54) is 46.0 Å². The summed E-state index contributed by atoms with van der Waals surface area (Å²) in [6, 6.07) is 29.6. The van der Waals surface area contributed by atoms with E-state index in [-0.39, 0.29) is 38.5 Å². The molecule has 8 atom stereocenters. The normalized spacial score (nSPS) is 14.4. The lowest BCUT2D eigenvalue weighted by atomic mass is 9.77. The number of benzene rings is 4. The second-order valence-electron chi connectivity index (χ2n) is 19.3. The molecule has 0 aliphatic rings. The molecule has 0 saturated heterocycles. The average Bonchev–Trinajstić information content (AvgIpc) is 4.32. The first-order valence-corrected chi connectivity index (χ1v) is 28.6. The number of nitrogens with one attached hydrogen (secondary N) is 4. The van der Waals surface area contributed by atoms with Crippen LogP contribution in [0.5, 0.6) is 0 Å². The largest absolute Gasteiger partial charge is 0.480 e. The summed E-state index contributed by atoms with van der Waals surface area (Å²) in [6.07, 6.45) is 1.26. The fourth-order valence-corrected chi connectivity index (χ4v) is 11.1. The molecule has 0 radical (unpaired) electrons. The molecule has 0 aliphatic heterocycles. The minimum absolute atomic E-state index is 0.0506. The highest BCUT2D eigenvalue weighted by Gasteiger charge is 2.46. The van der Waals surface area contributed by atoms with Crippen LogP contribution in [-0.4, -0.2) is 103 Å². The van der Waals surface area contributed by atoms with Crippen molar-refractivity contribution in [1.29, 1.82) is 0 Å². The molecule has 0 saturated carbocycles. The summed E-state index contributed by atoms with van der Waals surface area (Å²) in [5.41, 5.74) is 6.94. The summed E-state index contributed by atoms with van der Waals surface area (Å²) in [5.74, 6) is -2.51. The van der Waals surface area contributed by atoms with Crippen LogP contribution in [0, 0.1) is 0 Å². The molecule has 3 aromatic heterocycles. The monoisotopic (exact) mass is 1120 g/mol. The third-order valence-electron chi connectivity index (χ3n) is 13.2. The van der Waals surface area contributed by atoms with Gasteiger partial charge in [0.2, 0.25) is 0 Å². The lowest BCUT2D eigenvalue weighted by Crippen LogP contribution is -2.65. The van der Waals surface area contributed by atoms with E-state index in [1.54, 1.807) is 84.1 Å². The van der Waals surface area contributed by atoms with E-state index in [2.05, 4.69) is 31.2 Å². The van der Waals surface area contributed by atoms with Gasteiger partial charge in [0.15, 0.2) is 0 Å². The number of urea groups is 1. The number of aryl methyl sites for hydroxylation is 2. The van der Waals surface area contributed by atoms with Crippen LogP contribution in [0.2, 0.25) is 0 Å². The lowest BCUT2D eigenvalue weighted by molar-refractivity contribution is -0.140. The van der Waals surface area contributed by atoms with Crippen molar-refractivity contribution >= 4 is 58.2 Å². The Bertz CT molecular complexity index is 2870. The highest BCUT2D eigenvalue weighted by Crippen LogP contribution is 2.34. The minimum atomic E-state index is -1.83. The number of aliphatic carboxylic acids is 1. The standard InChI is InChI=1S/C58H68N8O9S3/c1-38(2)54-61-43(35-76-54)32-66(3)56(71)63-53(55(69)70)52(48(41-24-12-6-13-25-41)50(64-57(72)74-33-44-30-59-36-77-44)46(67)28-16-22-39-18-8-4-9-19-39)62-49(42-26-14-7-15-27-42)51(65-58(73)75-34-45-31-60-37-78-45)47(68)29-17-23-40-20-10-5-11-21-40/h4-15,18-21,24-27,30-31,35-38,46-53,62,67-68H,16-17,22-23,28-29,32-34H2,1-3H3,(H,63,71)(H,64,72)(H,65,73)(H,69,70)/t46-,47-,48+,49-,50+,51+,52-,53-/m0/s1. The fourth-order valence-electron chi connectivity index (χ4n) is 9.28. The zero-order valence-electron chi connectivity index (χ0n) is 43.8. The van der Waals surface area contributed by atoms with Gasteiger partial charge in [-0.15, -0.1) is 34.0 Å². The summed E-state index contributed by atoms with van der Waals surface area (Å²) in [4.78, 5) is 72.8. The Morgan fingerprint density at radius 3 is 1.59 bits per heavy atom. The van der Waals surface area contributed by atoms with E-state index >= 15 is 0 Å². The minimum Gasteiger partial charge on any atom is -0.480 e. The maximum Gasteiger partial charge on any atom is 0.407 e. The second-order valence-corrected chi connectivity index (χ2v) is 22.1. The highest BCUT2D eigenvalue weighted by molar-refractivity contribution is 7.10. The third-order valence-corrected chi connectivity index (χ3v) is 15.9. The number of hydrogen-bond acceptors (Lipinski definition) is 15. The molecule has 4 amide bonds. The number of amides is 4. The molecule has 17 nitrogen and oxygen atoms in total. The smallest absolute Gasteiger partial charge is 0.407 e. The average molecular weight is 1120 g/mol. The van der Waals surface area contributed by atoms with Gasteiger partial charge >= 0.3 is 24.2 Å². The second kappa shape index (κ2) is 30.2. The van der Waals surface area contributed by atoms with E-state index in [4.69, 9.17) is 14.5 Å². The molecule has 0 unspecified atom stereocenters. The zero-order valence-corrected chi connectivity index (χ0v) is 46.2. The Morgan fingerprint density at radius 2 is 1.12 bits per heavy atom. The van der Waals surface area contributed by atoms with Gasteiger partial charge in [0.1, 0.15) is 19.3 Å². The Labute approximate surface area is 467 Å². The summed E-state index contributed by atoms with van der Waals surface area (Å²) < 4.78 is 11.5. The number of ether oxygens (including phenoxy) is 2. The number of hydrogen-bond donors (Lipinski definition) is 7. The van der Waals surface area contributed by atoms with Crippen LogP contribution in [-0.2, 0) is 46.9 Å². The third kappa shape index (κ3) is 17.7. The van der Waals surface area contributed by atoms with Gasteiger partial charge in [0, 0.05) is 42.7 Å². The number of thiazole rings is 3. The first-order valence-electron chi connectivity index (χ1n) is 25.9. The molecule has 4 aromatic carbocycles. The van der Waals surface area contributed by atoms with Gasteiger partial charge in [-0.25, -0.2) is 24.2 Å². The Hall–Kier alpha value is -7.07. The molecule has 412 valence electrons. The van der Waals surface area contributed by atoms with E-state index in [1.807, 2.05) is 79.9 Å². The molecule has 7 aromatic rings. The van der Waals surface area contributed by atoms with Gasteiger partial charge in [-0.3, -0.25) is 9.97 Å². The van der Waals surface area contributed by atoms with Gasteiger partial charge in [-0.1, -0.05) is 135 Å². The van der Waals surface area contributed by atoms with Crippen molar-refractivity contribution in [1.82, 2.24) is 41.1 Å². The highest BCUT2D eigenvalue weighted by atomic mass is 32.1. The van der Waals surface area contributed by atoms with Gasteiger partial charge in [-0.2, -0.15) is 0 Å². The maximum atomic E-state index is 14.6. The van der Waals surface area contributed by atoms with Crippen molar-refractivity contribution in [2.45, 2.75) is 126 Å². The molecular weight excluding hydrogens is 1050 g/mol. The number of aromatic nitrogens is 3. The van der Waals surface area contributed by atoms with Crippen molar-refractivity contribution in [3.8, 4) is 0 Å². The summed E-state index contributed by atoms with van der Waals surface area (Å²) in [7, 11) is 1.54. The number of aliphatic hydroxyl groups excluding tert-OH is 2. The number of aliphatic hydroxyl groups is 2. The van der Waals surface area contributed by atoms with Crippen LogP contribution in [0.1, 0.15) is 100 Å². The van der Waals surface area contributed by atoms with Crippen molar-refractivity contribution in [2.75, 3.05) is 7.05 Å². The molecule has 3 heterocycles. The predicted octanol–water partition coefficient (Wildman–Crippen LogP) is 9.61. The molecule has 20 heteroatoms. The Kier molecular flexibility index (Phi) is 22.7. The van der Waals surface area contributed by atoms with Crippen LogP contribution >= 0.6 is 34.0 Å². The van der Waals surface area contributed by atoms with E-state index in [0.29, 0.717) is 52.3 Å². The number of carboxylic acids is 1. The van der Waals surface area contributed by atoms with Crippen LogP contribution < -0.4 is 21.3 Å². The predicted molar refractivity (Wildman–Crippen MR) is 302 cm³/mol. The zero-order chi connectivity index (χ0) is 55.2. The quantitative estimate of drug-likeness (QED) is 0.0232. The first kappa shape index (κ1) is 58.6. The van der Waals surface area contributed by atoms with Gasteiger partial charge in [0.05, 0.1) is 68.4 Å². The number of carbonyl (C=O) groups excluding carboxylic acids is 3. The van der Waals surface area contributed by atoms with Gasteiger partial charge < -0.3 is 51.0 Å². The maximum absolute atomic E-state index is 14.6. The van der Waals surface area contributed by atoms with Crippen molar-refractivity contribution in [3.63, 3.8) is 0 Å². The summed E-state index contributed by atoms with van der Waals surface area (Å²) in [6.45, 7) is 3.86. The fraction of sp³-hybridized carbons (Fsp3) is 0.362. The lowest BCUT2D eigenvalue weighted by Gasteiger charge is -2.43. The van der Waals surface area contributed by atoms with Crippen LogP contribution in [0.25, 0.3) is 0 Å². The van der Waals surface area contributed by atoms with Crippen LogP contribution in [0.15, 0.2) is 150 Å². The topological polar surface area (TPSA) is 237 Å². The van der Waals surface area contributed by atoms with E-state index in [9.17, 15) is 34.5 Å². The van der Waals surface area contributed by atoms with E-state index < -0.39 is 72.5 Å². The van der Waals surface area contributed by atoms with Crippen LogP contribution in [0.4, 0.5) is 14.4 Å². The number of carboxylic acid groups (broad SMARTS) is 1. The van der Waals surface area contributed by atoms with Gasteiger partial charge in [-0.05, 0) is 60.8 Å². The number of alkyl carbamates (subject to hydrolysis) is 2. The molecule has 7 N–H and O–H groups in total. The number of nitrogens with zero attached hydrogens (tertiary/aromatic N) is 4. The molecule has 0 bridgehead atoms. The van der Waals surface area contributed by atoms with Crippen molar-refractivity contribution in [3.05, 3.63) is 193 Å². The Balaban J connectivity index is 1.35. The number of carbonyl (C=O) groups is 4. The van der Waals surface area contributed by atoms with Crippen molar-refractivity contribution in [2.24, 2.45) is 0 Å². The first-order chi connectivity index (χ1) is 37.8. The van der Waals surface area contributed by atoms with E-state index in [0.717, 1.165) is 16.1 Å².